The summed E-state index contributed by atoms with van der Waals surface area (Å²) in [7, 11) is 3.01. The van der Waals surface area contributed by atoms with Gasteiger partial charge in [0.1, 0.15) is 11.4 Å². The molecule has 0 bridgehead atoms. The first-order valence-corrected chi connectivity index (χ1v) is 6.89. The summed E-state index contributed by atoms with van der Waals surface area (Å²) in [5.74, 6) is -2.25. The van der Waals surface area contributed by atoms with E-state index in [1.54, 1.807) is 20.8 Å². The van der Waals surface area contributed by atoms with Crippen LogP contribution in [0.15, 0.2) is 6.20 Å². The van der Waals surface area contributed by atoms with Crippen LogP contribution in [0.1, 0.15) is 37.0 Å². The third kappa shape index (κ3) is 5.05. The average Bonchev–Trinajstić information content (AvgIpc) is 2.45. The number of carbonyl (C=O) groups is 1. The lowest BCUT2D eigenvalue weighted by molar-refractivity contribution is -0.144. The maximum atomic E-state index is 12.8. The van der Waals surface area contributed by atoms with Crippen molar-refractivity contribution in [1.82, 2.24) is 9.97 Å². The Labute approximate surface area is 132 Å². The van der Waals surface area contributed by atoms with Gasteiger partial charge in [-0.15, -0.1) is 0 Å². The van der Waals surface area contributed by atoms with Crippen molar-refractivity contribution in [1.29, 1.82) is 0 Å². The highest BCUT2D eigenvalue weighted by Gasteiger charge is 2.36. The predicted molar refractivity (Wildman–Crippen MR) is 77.3 cm³/mol. The van der Waals surface area contributed by atoms with Gasteiger partial charge in [0.05, 0.1) is 12.2 Å². The number of anilines is 1. The van der Waals surface area contributed by atoms with Gasteiger partial charge in [-0.2, -0.15) is 13.2 Å². The van der Waals surface area contributed by atoms with Crippen LogP contribution in [-0.2, 0) is 15.7 Å². The van der Waals surface area contributed by atoms with E-state index in [-0.39, 0.29) is 24.5 Å². The molecule has 1 rings (SSSR count). The van der Waals surface area contributed by atoms with Crippen LogP contribution in [0.2, 0.25) is 0 Å². The van der Waals surface area contributed by atoms with Crippen molar-refractivity contribution >= 4 is 11.8 Å². The fraction of sp³-hybridized carbons (Fsp3) is 0.643. The Hall–Kier alpha value is -1.90. The minimum atomic E-state index is -4.71. The van der Waals surface area contributed by atoms with Gasteiger partial charge in [0.25, 0.3) is 0 Å². The van der Waals surface area contributed by atoms with Crippen LogP contribution in [0.3, 0.4) is 0 Å². The zero-order chi connectivity index (χ0) is 17.8. The van der Waals surface area contributed by atoms with Crippen molar-refractivity contribution in [2.45, 2.75) is 32.5 Å². The average molecular weight is 335 g/mol. The van der Waals surface area contributed by atoms with Crippen LogP contribution in [0.5, 0.6) is 0 Å². The van der Waals surface area contributed by atoms with Crippen molar-refractivity contribution in [3.8, 4) is 0 Å². The first kappa shape index (κ1) is 19.1. The number of likely N-dealkylation sites (N-methyl/N-ethyl adjacent to an activating group) is 1. The molecule has 23 heavy (non-hydrogen) atoms. The van der Waals surface area contributed by atoms with Crippen LogP contribution in [0.25, 0.3) is 0 Å². The van der Waals surface area contributed by atoms with Gasteiger partial charge < -0.3 is 14.4 Å². The summed E-state index contributed by atoms with van der Waals surface area (Å²) in [5, 5.41) is 0. The fourth-order valence-electron chi connectivity index (χ4n) is 1.86. The molecule has 6 nitrogen and oxygen atoms in total. The number of alkyl halides is 3. The topological polar surface area (TPSA) is 64.5 Å². The third-order valence-electron chi connectivity index (χ3n) is 3.05. The predicted octanol–water partition coefficient (Wildman–Crippen LogP) is 2.53. The Bertz CT molecular complexity index is 562. The van der Waals surface area contributed by atoms with Crippen LogP contribution in [0, 0.1) is 0 Å². The van der Waals surface area contributed by atoms with E-state index in [2.05, 4.69) is 9.97 Å². The maximum absolute atomic E-state index is 12.8. The van der Waals surface area contributed by atoms with E-state index in [0.29, 0.717) is 0 Å². The van der Waals surface area contributed by atoms with Crippen LogP contribution in [-0.4, -0.2) is 48.8 Å². The number of aromatic nitrogens is 2. The molecule has 130 valence electrons. The van der Waals surface area contributed by atoms with E-state index in [1.165, 1.54) is 19.1 Å². The molecule has 0 N–H and O–H groups in total. The van der Waals surface area contributed by atoms with Gasteiger partial charge in [-0.05, 0) is 20.8 Å². The Morgan fingerprint density at radius 3 is 2.43 bits per heavy atom. The standard InChI is InChI=1S/C14H20F3N3O3/c1-6-23-11(21)9-7-18-12(14(15,16)17)19-10(9)20(4)8-13(2,3)22-5/h7H,6,8H2,1-5H3. The van der Waals surface area contributed by atoms with Crippen molar-refractivity contribution < 1.29 is 27.4 Å². The Balaban J connectivity index is 3.30. The Morgan fingerprint density at radius 1 is 1.35 bits per heavy atom. The normalized spacial score (nSPS) is 12.2. The molecule has 0 atom stereocenters. The first-order valence-electron chi connectivity index (χ1n) is 6.89. The van der Waals surface area contributed by atoms with Crippen molar-refractivity contribution in [2.24, 2.45) is 0 Å². The molecule has 0 radical (unpaired) electrons. The summed E-state index contributed by atoms with van der Waals surface area (Å²) >= 11 is 0. The van der Waals surface area contributed by atoms with Gasteiger partial charge in [-0.1, -0.05) is 0 Å². The van der Waals surface area contributed by atoms with Crippen molar-refractivity contribution in [3.05, 3.63) is 17.6 Å². The summed E-state index contributed by atoms with van der Waals surface area (Å²) in [6.45, 7) is 5.43. The molecule has 0 fully saturated rings. The maximum Gasteiger partial charge on any atom is 0.451 e. The van der Waals surface area contributed by atoms with Crippen molar-refractivity contribution in [2.75, 3.05) is 32.2 Å². The van der Waals surface area contributed by atoms with Crippen LogP contribution in [0.4, 0.5) is 19.0 Å². The molecule has 9 heteroatoms. The van der Waals surface area contributed by atoms with E-state index in [9.17, 15) is 18.0 Å². The number of hydrogen-bond donors (Lipinski definition) is 0. The number of carbonyl (C=O) groups excluding carboxylic acids is 1. The molecule has 1 aromatic rings. The lowest BCUT2D eigenvalue weighted by Gasteiger charge is -2.30. The van der Waals surface area contributed by atoms with Gasteiger partial charge in [-0.25, -0.2) is 14.8 Å². The largest absolute Gasteiger partial charge is 0.462 e. The third-order valence-corrected chi connectivity index (χ3v) is 3.05. The second-order valence-corrected chi connectivity index (χ2v) is 5.47. The highest BCUT2D eigenvalue weighted by molar-refractivity contribution is 5.94. The second kappa shape index (κ2) is 7.12. The smallest absolute Gasteiger partial charge is 0.451 e. The quantitative estimate of drug-likeness (QED) is 0.745. The number of methoxy groups -OCH3 is 1. The number of hydrogen-bond acceptors (Lipinski definition) is 6. The SMILES string of the molecule is CCOC(=O)c1cnc(C(F)(F)F)nc1N(C)CC(C)(C)OC. The lowest BCUT2D eigenvalue weighted by Crippen LogP contribution is -2.39. The van der Waals surface area contributed by atoms with E-state index in [0.717, 1.165) is 6.20 Å². The van der Waals surface area contributed by atoms with Gasteiger partial charge >= 0.3 is 12.1 Å². The minimum Gasteiger partial charge on any atom is -0.462 e. The Morgan fingerprint density at radius 2 is 1.96 bits per heavy atom. The van der Waals surface area contributed by atoms with E-state index >= 15 is 0 Å². The number of rotatable bonds is 6. The van der Waals surface area contributed by atoms with E-state index in [1.807, 2.05) is 0 Å². The zero-order valence-electron chi connectivity index (χ0n) is 13.7. The molecule has 0 aliphatic heterocycles. The molecule has 0 amide bonds. The van der Waals surface area contributed by atoms with Crippen LogP contribution >= 0.6 is 0 Å². The molecule has 0 spiro atoms. The number of ether oxygens (including phenoxy) is 2. The van der Waals surface area contributed by atoms with Gasteiger partial charge in [-0.3, -0.25) is 0 Å². The van der Waals surface area contributed by atoms with Crippen molar-refractivity contribution in [3.63, 3.8) is 0 Å². The molecule has 0 saturated carbocycles. The number of esters is 1. The summed E-state index contributed by atoms with van der Waals surface area (Å²) in [5.41, 5.74) is -0.779. The minimum absolute atomic E-state index is 0.0899. The highest BCUT2D eigenvalue weighted by Crippen LogP contribution is 2.29. The number of halogens is 3. The van der Waals surface area contributed by atoms with Gasteiger partial charge in [0.2, 0.25) is 5.82 Å². The second-order valence-electron chi connectivity index (χ2n) is 5.47. The summed E-state index contributed by atoms with van der Waals surface area (Å²) in [4.78, 5) is 20.1. The zero-order valence-corrected chi connectivity index (χ0v) is 13.7. The molecular formula is C14H20F3N3O3. The highest BCUT2D eigenvalue weighted by atomic mass is 19.4. The molecule has 0 saturated heterocycles. The first-order chi connectivity index (χ1) is 10.5. The fourth-order valence-corrected chi connectivity index (χ4v) is 1.86. The molecule has 1 heterocycles. The molecule has 0 aliphatic carbocycles. The van der Waals surface area contributed by atoms with Gasteiger partial charge in [0, 0.05) is 26.9 Å². The summed E-state index contributed by atoms with van der Waals surface area (Å²) < 4.78 is 48.6. The summed E-state index contributed by atoms with van der Waals surface area (Å²) in [6.07, 6.45) is -3.88. The summed E-state index contributed by atoms with van der Waals surface area (Å²) in [6, 6.07) is 0. The molecule has 0 aromatic carbocycles. The Kier molecular flexibility index (Phi) is 5.92. The molecular weight excluding hydrogens is 315 g/mol. The lowest BCUT2D eigenvalue weighted by atomic mass is 10.1. The molecule has 0 unspecified atom stereocenters. The molecule has 1 aromatic heterocycles. The van der Waals surface area contributed by atoms with E-state index in [4.69, 9.17) is 9.47 Å². The van der Waals surface area contributed by atoms with E-state index < -0.39 is 23.6 Å². The number of nitrogens with zero attached hydrogens (tertiary/aromatic N) is 3. The monoisotopic (exact) mass is 335 g/mol. The van der Waals surface area contributed by atoms with Gasteiger partial charge in [0.15, 0.2) is 0 Å². The van der Waals surface area contributed by atoms with Crippen LogP contribution < -0.4 is 4.90 Å². The molecule has 0 aliphatic rings.